The molecule has 2 unspecified atom stereocenters. The number of nitrogens with zero attached hydrogens (tertiary/aromatic N) is 3. The molecule has 6 rings (SSSR count). The van der Waals surface area contributed by atoms with Gasteiger partial charge in [0.2, 0.25) is 17.7 Å². The third-order valence-electron chi connectivity index (χ3n) is 10.4. The molecule has 12 nitrogen and oxygen atoms in total. The number of carbonyl (C=O) groups is 3. The van der Waals surface area contributed by atoms with E-state index in [0.717, 1.165) is 61.7 Å². The lowest BCUT2D eigenvalue weighted by Gasteiger charge is -2.24. The van der Waals surface area contributed by atoms with E-state index in [1.54, 1.807) is 23.1 Å². The van der Waals surface area contributed by atoms with E-state index in [1.807, 2.05) is 12.1 Å². The molecule has 3 N–H and O–H groups in total. The number of amides is 3. The van der Waals surface area contributed by atoms with E-state index in [4.69, 9.17) is 20.6 Å². The Morgan fingerprint density at radius 3 is 2.28 bits per heavy atom. The second-order valence-electron chi connectivity index (χ2n) is 14.6. The van der Waals surface area contributed by atoms with Gasteiger partial charge in [0.1, 0.15) is 11.8 Å². The summed E-state index contributed by atoms with van der Waals surface area (Å²) >= 11 is 5.97. The summed E-state index contributed by atoms with van der Waals surface area (Å²) in [5.41, 5.74) is 4.62. The molecule has 5 aromatic rings. The first kappa shape index (κ1) is 42.0. The maximum absolute atomic E-state index is 13.1. The molecule has 0 saturated carbocycles. The highest BCUT2D eigenvalue weighted by molar-refractivity contribution is 7.47. The lowest BCUT2D eigenvalue weighted by molar-refractivity contribution is -0.138. The van der Waals surface area contributed by atoms with E-state index in [9.17, 15) is 23.8 Å². The minimum absolute atomic E-state index is 0.0485. The molecule has 0 aliphatic carbocycles. The highest BCUT2D eigenvalue weighted by Gasteiger charge is 2.33. The topological polar surface area (TPSA) is 144 Å². The van der Waals surface area contributed by atoms with Crippen LogP contribution in [-0.4, -0.2) is 68.9 Å². The molecular formula is C43H53ClN5O7P. The molecule has 0 spiro atoms. The molecule has 2 aromatic heterocycles. The molecule has 0 radical (unpaired) electrons. The lowest BCUT2D eigenvalue weighted by Crippen LogP contribution is -2.46. The molecule has 57 heavy (non-hydrogen) atoms. The average Bonchev–Trinajstić information content (AvgIpc) is 3.92. The summed E-state index contributed by atoms with van der Waals surface area (Å²) < 4.78 is 26.8. The van der Waals surface area contributed by atoms with Gasteiger partial charge < -0.3 is 29.2 Å². The zero-order chi connectivity index (χ0) is 40.2. The van der Waals surface area contributed by atoms with Gasteiger partial charge in [-0.25, -0.2) is 4.57 Å². The van der Waals surface area contributed by atoms with Gasteiger partial charge in [-0.2, -0.15) is 0 Å². The number of phosphoric acid groups is 1. The van der Waals surface area contributed by atoms with Gasteiger partial charge in [-0.15, -0.1) is 0 Å². The lowest BCUT2D eigenvalue weighted by atomic mass is 10.1. The van der Waals surface area contributed by atoms with Crippen LogP contribution in [0.1, 0.15) is 68.9 Å². The number of unbranched alkanes of at least 4 members (excludes halogenated alkanes) is 3. The van der Waals surface area contributed by atoms with E-state index in [-0.39, 0.29) is 47.9 Å². The summed E-state index contributed by atoms with van der Waals surface area (Å²) in [4.78, 5) is 50.7. The predicted octanol–water partition coefficient (Wildman–Crippen LogP) is 7.95. The fourth-order valence-corrected chi connectivity index (χ4v) is 8.67. The predicted molar refractivity (Wildman–Crippen MR) is 223 cm³/mol. The zero-order valence-corrected chi connectivity index (χ0v) is 34.2. The van der Waals surface area contributed by atoms with Crippen LogP contribution >= 0.6 is 19.4 Å². The molecule has 304 valence electrons. The van der Waals surface area contributed by atoms with Gasteiger partial charge in [0.25, 0.3) is 0 Å². The number of para-hydroxylation sites is 3. The Bertz CT molecular complexity index is 2200. The largest absolute Gasteiger partial charge is 0.527 e. The Morgan fingerprint density at radius 1 is 0.825 bits per heavy atom. The van der Waals surface area contributed by atoms with Crippen molar-refractivity contribution in [3.63, 3.8) is 0 Å². The first-order valence-electron chi connectivity index (χ1n) is 20.0. The first-order chi connectivity index (χ1) is 27.6. The Hall–Kier alpha value is -4.61. The number of nitrogens with one attached hydrogen (secondary N) is 2. The van der Waals surface area contributed by atoms with Gasteiger partial charge in [0.15, 0.2) is 0 Å². The third kappa shape index (κ3) is 11.5. The molecule has 3 amide bonds. The van der Waals surface area contributed by atoms with Gasteiger partial charge in [0.05, 0.1) is 18.1 Å². The SMILES string of the molecule is Cc1cn(CCCn2cc(CC(=O)NCCCC(=O)N3CCCC3C(=O)NCCCCCCOP(=O)(O)Oc3ccccc3Cl)c3ccccc32)c2ccccc12. The van der Waals surface area contributed by atoms with Crippen molar-refractivity contribution in [1.29, 1.82) is 0 Å². The molecule has 3 heterocycles. The van der Waals surface area contributed by atoms with Gasteiger partial charge in [0, 0.05) is 73.3 Å². The monoisotopic (exact) mass is 817 g/mol. The second-order valence-corrected chi connectivity index (χ2v) is 16.4. The summed E-state index contributed by atoms with van der Waals surface area (Å²) in [6.07, 6.45) is 10.5. The standard InChI is InChI=1S/C43H53ClN5O7P/c1-32-30-47(37-18-7-4-15-34(32)37)25-14-26-48-31-33(35-16-5-8-19-38(35)48)29-41(50)45-24-12-22-42(51)49-27-13-20-39(49)43(52)46-23-10-2-3-11-28-55-57(53,54)56-40-21-9-6-17-36(40)44/h4-9,15-19,21,30-31,39H,2-3,10-14,20,22-29H2,1H3,(H,45,50)(H,46,52)(H,53,54). The molecule has 3 aromatic carbocycles. The third-order valence-corrected chi connectivity index (χ3v) is 11.7. The molecule has 1 fully saturated rings. The fourth-order valence-electron chi connectivity index (χ4n) is 7.62. The van der Waals surface area contributed by atoms with Gasteiger partial charge in [-0.05, 0) is 80.8 Å². The van der Waals surface area contributed by atoms with Crippen molar-refractivity contribution in [2.45, 2.75) is 90.3 Å². The van der Waals surface area contributed by atoms with Crippen LogP contribution in [0.4, 0.5) is 0 Å². The summed E-state index contributed by atoms with van der Waals surface area (Å²) in [5.74, 6) is -0.226. The number of halogens is 1. The Kier molecular flexibility index (Phi) is 14.9. The van der Waals surface area contributed by atoms with Crippen molar-refractivity contribution in [2.24, 2.45) is 0 Å². The number of likely N-dealkylation sites (tertiary alicyclic amines) is 1. The fraction of sp³-hybridized carbons (Fsp3) is 0.419. The van der Waals surface area contributed by atoms with Crippen LogP contribution in [0.2, 0.25) is 5.02 Å². The number of rotatable bonds is 21. The number of aryl methyl sites for hydroxylation is 3. The second kappa shape index (κ2) is 20.2. The highest BCUT2D eigenvalue weighted by atomic mass is 35.5. The number of fused-ring (bicyclic) bond motifs is 2. The summed E-state index contributed by atoms with van der Waals surface area (Å²) in [6, 6.07) is 22.6. The van der Waals surface area contributed by atoms with E-state index in [1.165, 1.54) is 22.5 Å². The molecular weight excluding hydrogens is 765 g/mol. The highest BCUT2D eigenvalue weighted by Crippen LogP contribution is 2.45. The summed E-state index contributed by atoms with van der Waals surface area (Å²) in [5, 5.41) is 8.53. The maximum Gasteiger partial charge on any atom is 0.527 e. The van der Waals surface area contributed by atoms with Crippen LogP contribution in [-0.2, 0) is 43.0 Å². The molecule has 1 aliphatic heterocycles. The van der Waals surface area contributed by atoms with Crippen molar-refractivity contribution in [3.8, 4) is 5.75 Å². The number of benzene rings is 3. The molecule has 14 heteroatoms. The van der Waals surface area contributed by atoms with Crippen molar-refractivity contribution in [3.05, 3.63) is 101 Å². The van der Waals surface area contributed by atoms with Crippen LogP contribution in [0.15, 0.2) is 85.2 Å². The quantitative estimate of drug-likeness (QED) is 0.0504. The minimum atomic E-state index is -4.28. The van der Waals surface area contributed by atoms with Crippen molar-refractivity contribution in [1.82, 2.24) is 24.7 Å². The normalized spacial score (nSPS) is 15.2. The van der Waals surface area contributed by atoms with Crippen molar-refractivity contribution >= 4 is 59.0 Å². The maximum atomic E-state index is 13.1. The van der Waals surface area contributed by atoms with Gasteiger partial charge in [-0.1, -0.05) is 73.0 Å². The van der Waals surface area contributed by atoms with Crippen LogP contribution in [0, 0.1) is 6.92 Å². The van der Waals surface area contributed by atoms with Crippen LogP contribution in [0.3, 0.4) is 0 Å². The van der Waals surface area contributed by atoms with Crippen LogP contribution in [0.5, 0.6) is 5.75 Å². The molecule has 1 aliphatic rings. The number of carbonyl (C=O) groups excluding carboxylic acids is 3. The first-order valence-corrected chi connectivity index (χ1v) is 21.8. The Labute approximate surface area is 339 Å². The van der Waals surface area contributed by atoms with Gasteiger partial charge >= 0.3 is 7.82 Å². The number of aromatic nitrogens is 2. The Morgan fingerprint density at radius 2 is 1.49 bits per heavy atom. The van der Waals surface area contributed by atoms with Crippen molar-refractivity contribution < 1.29 is 32.9 Å². The molecule has 1 saturated heterocycles. The molecule has 2 atom stereocenters. The number of hydrogen-bond donors (Lipinski definition) is 3. The van der Waals surface area contributed by atoms with E-state index in [2.05, 4.69) is 75.5 Å². The Balaban J connectivity index is 0.856. The number of phosphoric ester groups is 1. The van der Waals surface area contributed by atoms with E-state index < -0.39 is 13.9 Å². The average molecular weight is 818 g/mol. The van der Waals surface area contributed by atoms with Crippen LogP contribution < -0.4 is 15.2 Å². The van der Waals surface area contributed by atoms with E-state index in [0.29, 0.717) is 38.9 Å². The summed E-state index contributed by atoms with van der Waals surface area (Å²) in [6.45, 7) is 5.34. The van der Waals surface area contributed by atoms with E-state index >= 15 is 0 Å². The molecule has 0 bridgehead atoms. The van der Waals surface area contributed by atoms with Gasteiger partial charge in [-0.3, -0.25) is 23.8 Å². The minimum Gasteiger partial charge on any atom is -0.403 e. The summed E-state index contributed by atoms with van der Waals surface area (Å²) in [7, 11) is -4.28. The van der Waals surface area contributed by atoms with Crippen LogP contribution in [0.25, 0.3) is 21.8 Å². The smallest absolute Gasteiger partial charge is 0.403 e. The van der Waals surface area contributed by atoms with Crippen molar-refractivity contribution in [2.75, 3.05) is 26.2 Å². The zero-order valence-electron chi connectivity index (χ0n) is 32.5. The number of hydrogen-bond acceptors (Lipinski definition) is 6.